The van der Waals surface area contributed by atoms with Crippen molar-refractivity contribution in [1.29, 1.82) is 0 Å². The molecule has 2 rings (SSSR count). The van der Waals surface area contributed by atoms with Crippen LogP contribution in [0.2, 0.25) is 10.0 Å². The Morgan fingerprint density at radius 3 is 2.53 bits per heavy atom. The van der Waals surface area contributed by atoms with Crippen molar-refractivity contribution in [3.63, 3.8) is 0 Å². The zero-order valence-corrected chi connectivity index (χ0v) is 10.2. The Hall–Kier alpha value is -1.26. The molecule has 2 N–H and O–H groups in total. The average molecular weight is 275 g/mol. The van der Waals surface area contributed by atoms with Crippen molar-refractivity contribution in [2.45, 2.75) is 0 Å². The van der Waals surface area contributed by atoms with Gasteiger partial charge in [-0.15, -0.1) is 0 Å². The molecule has 0 spiro atoms. The highest BCUT2D eigenvalue weighted by Crippen LogP contribution is 2.25. The van der Waals surface area contributed by atoms with Crippen molar-refractivity contribution in [1.82, 2.24) is 10.6 Å². The largest absolute Gasteiger partial charge is 0.370 e. The second-order valence-corrected chi connectivity index (χ2v) is 4.34. The molecule has 1 fully saturated rings. The molecule has 1 aromatic carbocycles. The predicted molar refractivity (Wildman–Crippen MR) is 64.8 cm³/mol. The number of carbonyl (C=O) groups excluding carboxylic acids is 1. The van der Waals surface area contributed by atoms with Crippen LogP contribution >= 0.6 is 23.2 Å². The molecule has 0 amide bonds. The lowest BCUT2D eigenvalue weighted by Gasteiger charge is -2.03. The first kappa shape index (κ1) is 12.2. The van der Waals surface area contributed by atoms with E-state index in [2.05, 4.69) is 10.6 Å². The SMILES string of the molecule is O=C(C=C1NCCN1)c1cc(F)c(Cl)cc1Cl. The number of allylic oxidation sites excluding steroid dienone is 1. The molecule has 0 aliphatic carbocycles. The Morgan fingerprint density at radius 1 is 1.24 bits per heavy atom. The van der Waals surface area contributed by atoms with Gasteiger partial charge in [-0.1, -0.05) is 23.2 Å². The number of halogens is 3. The highest BCUT2D eigenvalue weighted by Gasteiger charge is 2.14. The fraction of sp³-hybridized carbons (Fsp3) is 0.182. The molecule has 1 aliphatic rings. The van der Waals surface area contributed by atoms with Gasteiger partial charge in [-0.25, -0.2) is 4.39 Å². The predicted octanol–water partition coefficient (Wildman–Crippen LogP) is 2.35. The molecule has 0 aromatic heterocycles. The molecular weight excluding hydrogens is 266 g/mol. The molecule has 0 unspecified atom stereocenters. The summed E-state index contributed by atoms with van der Waals surface area (Å²) in [4.78, 5) is 11.8. The summed E-state index contributed by atoms with van der Waals surface area (Å²) in [6, 6.07) is 2.26. The third-order valence-corrected chi connectivity index (χ3v) is 2.91. The Balaban J connectivity index is 2.30. The summed E-state index contributed by atoms with van der Waals surface area (Å²) in [6.45, 7) is 1.50. The summed E-state index contributed by atoms with van der Waals surface area (Å²) in [6.07, 6.45) is 1.35. The molecule has 90 valence electrons. The molecule has 0 bridgehead atoms. The number of benzene rings is 1. The first-order valence-electron chi connectivity index (χ1n) is 4.96. The van der Waals surface area contributed by atoms with E-state index in [1.165, 1.54) is 12.1 Å². The Kier molecular flexibility index (Phi) is 3.54. The number of rotatable bonds is 2. The lowest BCUT2D eigenvalue weighted by molar-refractivity contribution is 0.104. The van der Waals surface area contributed by atoms with E-state index >= 15 is 0 Å². The van der Waals surface area contributed by atoms with E-state index in [1.807, 2.05) is 0 Å². The quantitative estimate of drug-likeness (QED) is 0.494. The molecule has 0 saturated carbocycles. The molecule has 0 atom stereocenters. The van der Waals surface area contributed by atoms with Gasteiger partial charge < -0.3 is 10.6 Å². The van der Waals surface area contributed by atoms with E-state index < -0.39 is 5.82 Å². The second-order valence-electron chi connectivity index (χ2n) is 3.52. The van der Waals surface area contributed by atoms with E-state index in [0.717, 1.165) is 19.2 Å². The summed E-state index contributed by atoms with van der Waals surface area (Å²) < 4.78 is 13.2. The highest BCUT2D eigenvalue weighted by atomic mass is 35.5. The number of carbonyl (C=O) groups is 1. The lowest BCUT2D eigenvalue weighted by atomic mass is 10.1. The molecule has 1 aliphatic heterocycles. The fourth-order valence-electron chi connectivity index (χ4n) is 1.48. The van der Waals surface area contributed by atoms with Crippen LogP contribution in [0.25, 0.3) is 0 Å². The van der Waals surface area contributed by atoms with E-state index in [4.69, 9.17) is 23.2 Å². The van der Waals surface area contributed by atoms with E-state index in [1.54, 1.807) is 0 Å². The summed E-state index contributed by atoms with van der Waals surface area (Å²) in [7, 11) is 0. The van der Waals surface area contributed by atoms with Gasteiger partial charge >= 0.3 is 0 Å². The van der Waals surface area contributed by atoms with Crippen molar-refractivity contribution in [3.8, 4) is 0 Å². The minimum atomic E-state index is -0.662. The van der Waals surface area contributed by atoms with Crippen LogP contribution in [-0.4, -0.2) is 18.9 Å². The van der Waals surface area contributed by atoms with E-state index in [9.17, 15) is 9.18 Å². The Morgan fingerprint density at radius 2 is 1.88 bits per heavy atom. The monoisotopic (exact) mass is 274 g/mol. The highest BCUT2D eigenvalue weighted by molar-refractivity contribution is 6.37. The van der Waals surface area contributed by atoms with Gasteiger partial charge in [-0.2, -0.15) is 0 Å². The van der Waals surface area contributed by atoms with Crippen LogP contribution in [0.3, 0.4) is 0 Å². The Bertz CT molecular complexity index is 494. The van der Waals surface area contributed by atoms with Crippen LogP contribution in [0.5, 0.6) is 0 Å². The van der Waals surface area contributed by atoms with Gasteiger partial charge in [0.05, 0.1) is 10.0 Å². The maximum Gasteiger partial charge on any atom is 0.191 e. The minimum absolute atomic E-state index is 0.0940. The van der Waals surface area contributed by atoms with Crippen molar-refractivity contribution in [2.24, 2.45) is 0 Å². The van der Waals surface area contributed by atoms with Crippen LogP contribution in [0, 0.1) is 5.82 Å². The van der Waals surface area contributed by atoms with Crippen LogP contribution in [0.4, 0.5) is 4.39 Å². The molecule has 0 radical (unpaired) electrons. The summed E-state index contributed by atoms with van der Waals surface area (Å²) in [5, 5.41) is 5.97. The van der Waals surface area contributed by atoms with Crippen molar-refractivity contribution in [2.75, 3.05) is 13.1 Å². The summed E-state index contributed by atoms with van der Waals surface area (Å²) in [5.41, 5.74) is 0.0940. The van der Waals surface area contributed by atoms with Gasteiger partial charge in [0.1, 0.15) is 11.6 Å². The number of hydrogen-bond acceptors (Lipinski definition) is 3. The average Bonchev–Trinajstić information content (AvgIpc) is 2.76. The van der Waals surface area contributed by atoms with Crippen molar-refractivity contribution >= 4 is 29.0 Å². The third kappa shape index (κ3) is 2.70. The molecular formula is C11H9Cl2FN2O. The van der Waals surface area contributed by atoms with Crippen molar-refractivity contribution in [3.05, 3.63) is 45.5 Å². The number of nitrogens with one attached hydrogen (secondary N) is 2. The second kappa shape index (κ2) is 4.94. The van der Waals surface area contributed by atoms with Crippen LogP contribution in [0.1, 0.15) is 10.4 Å². The summed E-state index contributed by atoms with van der Waals surface area (Å²) >= 11 is 11.4. The smallest absolute Gasteiger partial charge is 0.191 e. The van der Waals surface area contributed by atoms with Crippen molar-refractivity contribution < 1.29 is 9.18 Å². The molecule has 1 aromatic rings. The molecule has 1 saturated heterocycles. The van der Waals surface area contributed by atoms with Crippen LogP contribution < -0.4 is 10.6 Å². The van der Waals surface area contributed by atoms with Crippen LogP contribution in [-0.2, 0) is 0 Å². The fourth-order valence-corrected chi connectivity index (χ4v) is 1.96. The molecule has 1 heterocycles. The van der Waals surface area contributed by atoms with Gasteiger partial charge in [-0.05, 0) is 12.1 Å². The van der Waals surface area contributed by atoms with Gasteiger partial charge in [0.2, 0.25) is 0 Å². The Labute approximate surface area is 108 Å². The standard InChI is InChI=1S/C11H9Cl2FN2O/c12-7-4-8(13)9(14)3-6(7)10(17)5-11-15-1-2-16-11/h3-5,15-16H,1-2H2. The maximum atomic E-state index is 13.2. The topological polar surface area (TPSA) is 41.1 Å². The molecule has 6 heteroatoms. The zero-order valence-electron chi connectivity index (χ0n) is 8.69. The van der Waals surface area contributed by atoms with Gasteiger partial charge in [0.15, 0.2) is 5.78 Å². The van der Waals surface area contributed by atoms with E-state index in [0.29, 0.717) is 5.82 Å². The molecule has 17 heavy (non-hydrogen) atoms. The molecule has 3 nitrogen and oxygen atoms in total. The maximum absolute atomic E-state index is 13.2. The van der Waals surface area contributed by atoms with E-state index in [-0.39, 0.29) is 21.4 Å². The lowest BCUT2D eigenvalue weighted by Crippen LogP contribution is -2.12. The van der Waals surface area contributed by atoms with Crippen LogP contribution in [0.15, 0.2) is 24.0 Å². The van der Waals surface area contributed by atoms with Gasteiger partial charge in [0.25, 0.3) is 0 Å². The minimum Gasteiger partial charge on any atom is -0.370 e. The summed E-state index contributed by atoms with van der Waals surface area (Å²) in [5.74, 6) is -0.422. The number of hydrogen-bond donors (Lipinski definition) is 2. The third-order valence-electron chi connectivity index (χ3n) is 2.31. The van der Waals surface area contributed by atoms with Gasteiger partial charge in [0, 0.05) is 24.7 Å². The zero-order chi connectivity index (χ0) is 12.4. The number of ketones is 1. The first-order valence-corrected chi connectivity index (χ1v) is 5.72. The van der Waals surface area contributed by atoms with Gasteiger partial charge in [-0.3, -0.25) is 4.79 Å². The first-order chi connectivity index (χ1) is 8.08. The normalized spacial score (nSPS) is 14.2.